The van der Waals surface area contributed by atoms with Crippen molar-refractivity contribution >= 4 is 24.2 Å². The van der Waals surface area contributed by atoms with Crippen LogP contribution in [0.1, 0.15) is 32.1 Å². The summed E-state index contributed by atoms with van der Waals surface area (Å²) >= 11 is 10.0. The first-order chi connectivity index (χ1) is 4.30. The highest BCUT2D eigenvalue weighted by molar-refractivity contribution is 7.82. The molecule has 1 aliphatic carbocycles. The average Bonchev–Trinajstić information content (AvgIpc) is 1.90. The maximum atomic E-state index is 5.82. The topological polar surface area (TPSA) is 0 Å². The van der Waals surface area contributed by atoms with Crippen molar-refractivity contribution in [3.05, 3.63) is 0 Å². The molecule has 0 bridgehead atoms. The molecule has 1 aliphatic rings. The van der Waals surface area contributed by atoms with Gasteiger partial charge in [-0.1, -0.05) is 19.3 Å². The van der Waals surface area contributed by atoms with Gasteiger partial charge in [0.05, 0.1) is 4.71 Å². The monoisotopic (exact) mass is 164 g/mol. The number of alkyl halides is 1. The van der Waals surface area contributed by atoms with E-state index in [2.05, 4.69) is 12.6 Å². The third-order valence-electron chi connectivity index (χ3n) is 2.04. The molecule has 0 radical (unpaired) electrons. The number of hydrogen-bond donors (Lipinski definition) is 1. The van der Waals surface area contributed by atoms with Gasteiger partial charge in [-0.25, -0.2) is 0 Å². The maximum absolute atomic E-state index is 5.82. The number of rotatable bonds is 1. The number of thiol groups is 1. The van der Waals surface area contributed by atoms with E-state index < -0.39 is 0 Å². The van der Waals surface area contributed by atoms with Crippen molar-refractivity contribution in [2.45, 2.75) is 36.8 Å². The predicted molar refractivity (Wildman–Crippen MR) is 45.2 cm³/mol. The van der Waals surface area contributed by atoms with E-state index in [0.29, 0.717) is 5.92 Å². The first-order valence-corrected chi connectivity index (χ1v) is 4.58. The molecule has 54 valence electrons. The summed E-state index contributed by atoms with van der Waals surface area (Å²) in [5, 5.41) is 0. The van der Waals surface area contributed by atoms with Gasteiger partial charge in [0, 0.05) is 0 Å². The Labute approximate surface area is 67.4 Å². The third-order valence-corrected chi connectivity index (χ3v) is 2.82. The van der Waals surface area contributed by atoms with Gasteiger partial charge in [-0.05, 0) is 18.8 Å². The molecule has 0 aromatic carbocycles. The molecule has 0 heterocycles. The molecule has 0 amide bonds. The lowest BCUT2D eigenvalue weighted by molar-refractivity contribution is 0.379. The van der Waals surface area contributed by atoms with Crippen molar-refractivity contribution in [1.29, 1.82) is 0 Å². The van der Waals surface area contributed by atoms with Gasteiger partial charge in [0.2, 0.25) is 0 Å². The Hall–Kier alpha value is 0.640. The zero-order valence-corrected chi connectivity index (χ0v) is 7.17. The van der Waals surface area contributed by atoms with Crippen LogP contribution in [-0.2, 0) is 0 Å². The summed E-state index contributed by atoms with van der Waals surface area (Å²) in [7, 11) is 0. The molecule has 2 heteroatoms. The van der Waals surface area contributed by atoms with Crippen molar-refractivity contribution in [2.75, 3.05) is 0 Å². The minimum atomic E-state index is 0.102. The van der Waals surface area contributed by atoms with Crippen LogP contribution >= 0.6 is 24.2 Å². The number of halogens is 1. The van der Waals surface area contributed by atoms with Crippen LogP contribution in [0.2, 0.25) is 0 Å². The Morgan fingerprint density at radius 1 is 1.22 bits per heavy atom. The first-order valence-electron chi connectivity index (χ1n) is 3.63. The molecule has 0 nitrogen and oxygen atoms in total. The SMILES string of the molecule is SC(Cl)C1CCCCC1. The van der Waals surface area contributed by atoms with E-state index in [0.717, 1.165) is 0 Å². The Kier molecular flexibility index (Phi) is 3.20. The summed E-state index contributed by atoms with van der Waals surface area (Å²) < 4.78 is 0.102. The van der Waals surface area contributed by atoms with Crippen molar-refractivity contribution < 1.29 is 0 Å². The second kappa shape index (κ2) is 3.72. The Morgan fingerprint density at radius 3 is 2.11 bits per heavy atom. The molecule has 0 spiro atoms. The second-order valence-corrected chi connectivity index (χ2v) is 4.10. The normalized spacial score (nSPS) is 26.0. The molecule has 0 N–H and O–H groups in total. The standard InChI is InChI=1S/C7H13ClS/c8-7(9)6-4-2-1-3-5-6/h6-7,9H,1-5H2. The largest absolute Gasteiger partial charge is 0.159 e. The first kappa shape index (κ1) is 7.74. The van der Waals surface area contributed by atoms with Gasteiger partial charge in [-0.3, -0.25) is 0 Å². The van der Waals surface area contributed by atoms with Crippen LogP contribution in [0.4, 0.5) is 0 Å². The lowest BCUT2D eigenvalue weighted by atomic mass is 9.91. The van der Waals surface area contributed by atoms with Gasteiger partial charge >= 0.3 is 0 Å². The molecular formula is C7H13ClS. The van der Waals surface area contributed by atoms with Crippen LogP contribution in [0.25, 0.3) is 0 Å². The molecule has 1 unspecified atom stereocenters. The Morgan fingerprint density at radius 2 is 1.78 bits per heavy atom. The third kappa shape index (κ3) is 2.38. The molecule has 9 heavy (non-hydrogen) atoms. The summed E-state index contributed by atoms with van der Waals surface area (Å²) in [6, 6.07) is 0. The van der Waals surface area contributed by atoms with Gasteiger partial charge in [-0.15, -0.1) is 11.6 Å². The van der Waals surface area contributed by atoms with Crippen molar-refractivity contribution in [2.24, 2.45) is 5.92 Å². The molecule has 0 aliphatic heterocycles. The second-order valence-electron chi connectivity index (χ2n) is 2.77. The van der Waals surface area contributed by atoms with Crippen LogP contribution in [0.15, 0.2) is 0 Å². The molecule has 1 rings (SSSR count). The lowest BCUT2D eigenvalue weighted by Crippen LogP contribution is -2.12. The van der Waals surface area contributed by atoms with E-state index >= 15 is 0 Å². The number of hydrogen-bond acceptors (Lipinski definition) is 1. The Bertz CT molecular complexity index is 77.0. The Balaban J connectivity index is 2.23. The van der Waals surface area contributed by atoms with Crippen molar-refractivity contribution in [3.63, 3.8) is 0 Å². The van der Waals surface area contributed by atoms with Gasteiger partial charge in [-0.2, -0.15) is 12.6 Å². The van der Waals surface area contributed by atoms with Crippen LogP contribution in [-0.4, -0.2) is 4.71 Å². The molecular weight excluding hydrogens is 152 g/mol. The summed E-state index contributed by atoms with van der Waals surface area (Å²) in [6.07, 6.45) is 6.69. The van der Waals surface area contributed by atoms with E-state index in [-0.39, 0.29) is 4.71 Å². The molecule has 1 saturated carbocycles. The zero-order chi connectivity index (χ0) is 6.69. The van der Waals surface area contributed by atoms with Gasteiger partial charge < -0.3 is 0 Å². The fourth-order valence-corrected chi connectivity index (χ4v) is 1.96. The smallest absolute Gasteiger partial charge is 0.0787 e. The molecule has 0 aromatic rings. The van der Waals surface area contributed by atoms with Gasteiger partial charge in [0.15, 0.2) is 0 Å². The lowest BCUT2D eigenvalue weighted by Gasteiger charge is -2.22. The summed E-state index contributed by atoms with van der Waals surface area (Å²) in [5.41, 5.74) is 0. The minimum absolute atomic E-state index is 0.102. The zero-order valence-electron chi connectivity index (χ0n) is 5.52. The van der Waals surface area contributed by atoms with E-state index in [9.17, 15) is 0 Å². The summed E-state index contributed by atoms with van der Waals surface area (Å²) in [6.45, 7) is 0. The highest BCUT2D eigenvalue weighted by Crippen LogP contribution is 2.30. The molecule has 0 aromatic heterocycles. The van der Waals surface area contributed by atoms with E-state index in [4.69, 9.17) is 11.6 Å². The van der Waals surface area contributed by atoms with E-state index in [1.807, 2.05) is 0 Å². The van der Waals surface area contributed by atoms with Crippen molar-refractivity contribution in [1.82, 2.24) is 0 Å². The fourth-order valence-electron chi connectivity index (χ4n) is 1.41. The minimum Gasteiger partial charge on any atom is -0.159 e. The highest BCUT2D eigenvalue weighted by atomic mass is 35.5. The van der Waals surface area contributed by atoms with E-state index in [1.54, 1.807) is 0 Å². The molecule has 1 fully saturated rings. The molecule has 1 atom stereocenters. The molecule has 0 saturated heterocycles. The van der Waals surface area contributed by atoms with Crippen LogP contribution in [0.5, 0.6) is 0 Å². The van der Waals surface area contributed by atoms with Crippen LogP contribution in [0.3, 0.4) is 0 Å². The van der Waals surface area contributed by atoms with Crippen LogP contribution in [0, 0.1) is 5.92 Å². The van der Waals surface area contributed by atoms with Gasteiger partial charge in [0.25, 0.3) is 0 Å². The summed E-state index contributed by atoms with van der Waals surface area (Å²) in [4.78, 5) is 0. The highest BCUT2D eigenvalue weighted by Gasteiger charge is 2.17. The fraction of sp³-hybridized carbons (Fsp3) is 1.00. The average molecular weight is 165 g/mol. The quantitative estimate of drug-likeness (QED) is 0.447. The summed E-state index contributed by atoms with van der Waals surface area (Å²) in [5.74, 6) is 0.684. The van der Waals surface area contributed by atoms with E-state index in [1.165, 1.54) is 32.1 Å². The maximum Gasteiger partial charge on any atom is 0.0787 e. The van der Waals surface area contributed by atoms with Crippen molar-refractivity contribution in [3.8, 4) is 0 Å². The predicted octanol–water partition coefficient (Wildman–Crippen LogP) is 3.06. The van der Waals surface area contributed by atoms with Crippen LogP contribution < -0.4 is 0 Å². The van der Waals surface area contributed by atoms with Gasteiger partial charge in [0.1, 0.15) is 0 Å².